The van der Waals surface area contributed by atoms with Crippen molar-refractivity contribution in [3.05, 3.63) is 40.9 Å². The fraction of sp³-hybridized carbons (Fsp3) is 0.100. The van der Waals surface area contributed by atoms with Gasteiger partial charge in [-0.05, 0) is 11.6 Å². The average molecular weight is 191 g/mol. The molecule has 1 amide bonds. The normalized spacial score (nSPS) is 19.1. The van der Waals surface area contributed by atoms with Gasteiger partial charge in [-0.3, -0.25) is 4.79 Å². The third-order valence-corrected chi connectivity index (χ3v) is 2.66. The summed E-state index contributed by atoms with van der Waals surface area (Å²) in [5, 5.41) is 3.73. The molecule has 2 rings (SSSR count). The minimum Gasteiger partial charge on any atom is -0.320 e. The van der Waals surface area contributed by atoms with E-state index in [1.54, 1.807) is 11.8 Å². The zero-order chi connectivity index (χ0) is 9.10. The van der Waals surface area contributed by atoms with Gasteiger partial charge in [0.2, 0.25) is 5.91 Å². The van der Waals surface area contributed by atoms with Gasteiger partial charge >= 0.3 is 0 Å². The summed E-state index contributed by atoms with van der Waals surface area (Å²) < 4.78 is 0. The number of benzene rings is 1. The zero-order valence-electron chi connectivity index (χ0n) is 6.99. The molecule has 1 aromatic carbocycles. The lowest BCUT2D eigenvalue weighted by molar-refractivity contribution is -0.117. The summed E-state index contributed by atoms with van der Waals surface area (Å²) in [6, 6.07) is 9.96. The summed E-state index contributed by atoms with van der Waals surface area (Å²) in [7, 11) is 0. The summed E-state index contributed by atoms with van der Waals surface area (Å²) in [6.07, 6.45) is 1.98. The number of amides is 1. The van der Waals surface area contributed by atoms with E-state index in [1.807, 2.05) is 36.4 Å². The van der Waals surface area contributed by atoms with E-state index in [0.29, 0.717) is 5.75 Å². The van der Waals surface area contributed by atoms with Crippen LogP contribution < -0.4 is 5.32 Å². The first-order chi connectivity index (χ1) is 6.34. The highest BCUT2D eigenvalue weighted by Gasteiger charge is 2.13. The molecule has 0 unspecified atom stereocenters. The molecule has 1 aliphatic rings. The van der Waals surface area contributed by atoms with Crippen molar-refractivity contribution in [3.63, 3.8) is 0 Å². The fourth-order valence-electron chi connectivity index (χ4n) is 1.13. The Morgan fingerprint density at radius 1 is 1.31 bits per heavy atom. The van der Waals surface area contributed by atoms with Crippen molar-refractivity contribution in [3.8, 4) is 0 Å². The van der Waals surface area contributed by atoms with Crippen LogP contribution in [0.3, 0.4) is 0 Å². The Morgan fingerprint density at radius 3 is 2.69 bits per heavy atom. The first kappa shape index (κ1) is 8.38. The molecule has 1 fully saturated rings. The van der Waals surface area contributed by atoms with Crippen LogP contribution in [0.25, 0.3) is 6.08 Å². The number of hydrogen-bond acceptors (Lipinski definition) is 2. The van der Waals surface area contributed by atoms with Gasteiger partial charge in [0.05, 0.1) is 10.8 Å². The average Bonchev–Trinajstić information content (AvgIpc) is 2.53. The molecular formula is C10H9NOS. The van der Waals surface area contributed by atoms with E-state index in [0.717, 1.165) is 10.6 Å². The molecule has 66 valence electrons. The molecule has 0 saturated carbocycles. The maximum Gasteiger partial charge on any atom is 0.235 e. The molecular weight excluding hydrogens is 182 g/mol. The lowest BCUT2D eigenvalue weighted by Gasteiger charge is -1.95. The third-order valence-electron chi connectivity index (χ3n) is 1.72. The molecule has 0 atom stereocenters. The molecule has 0 aromatic heterocycles. The van der Waals surface area contributed by atoms with E-state index >= 15 is 0 Å². The van der Waals surface area contributed by atoms with Crippen LogP contribution in [0, 0.1) is 0 Å². The standard InChI is InChI=1S/C10H9NOS/c12-9-7-13-10(11-9)6-8-4-2-1-3-5-8/h1-6H,7H2,(H,11,12). The van der Waals surface area contributed by atoms with Crippen molar-refractivity contribution < 1.29 is 4.79 Å². The number of thioether (sulfide) groups is 1. The number of nitrogens with one attached hydrogen (secondary N) is 1. The Bertz CT molecular complexity index is 345. The maximum atomic E-state index is 10.9. The largest absolute Gasteiger partial charge is 0.320 e. The summed E-state index contributed by atoms with van der Waals surface area (Å²) in [4.78, 5) is 10.9. The summed E-state index contributed by atoms with van der Waals surface area (Å²) in [5.74, 6) is 0.630. The van der Waals surface area contributed by atoms with E-state index in [-0.39, 0.29) is 5.91 Å². The predicted molar refractivity (Wildman–Crippen MR) is 55.0 cm³/mol. The van der Waals surface area contributed by atoms with Crippen LogP contribution in [0.1, 0.15) is 5.56 Å². The van der Waals surface area contributed by atoms with Crippen molar-refractivity contribution in [1.82, 2.24) is 5.32 Å². The van der Waals surface area contributed by atoms with Gasteiger partial charge in [0, 0.05) is 0 Å². The van der Waals surface area contributed by atoms with Gasteiger partial charge in [-0.2, -0.15) is 0 Å². The van der Waals surface area contributed by atoms with Gasteiger partial charge in [0.15, 0.2) is 0 Å². The Labute approximate surface area is 81.0 Å². The summed E-state index contributed by atoms with van der Waals surface area (Å²) in [6.45, 7) is 0. The molecule has 0 radical (unpaired) electrons. The van der Waals surface area contributed by atoms with Gasteiger partial charge in [0.1, 0.15) is 0 Å². The van der Waals surface area contributed by atoms with E-state index < -0.39 is 0 Å². The number of carbonyl (C=O) groups excluding carboxylic acids is 1. The van der Waals surface area contributed by atoms with Gasteiger partial charge in [-0.1, -0.05) is 42.1 Å². The Hall–Kier alpha value is -1.22. The highest BCUT2D eigenvalue weighted by Crippen LogP contribution is 2.21. The van der Waals surface area contributed by atoms with Crippen LogP contribution in [0.4, 0.5) is 0 Å². The first-order valence-electron chi connectivity index (χ1n) is 4.04. The van der Waals surface area contributed by atoms with E-state index in [1.165, 1.54) is 0 Å². The SMILES string of the molecule is O=C1CSC(=Cc2ccccc2)N1. The molecule has 0 spiro atoms. The van der Waals surface area contributed by atoms with Crippen molar-refractivity contribution in [2.75, 3.05) is 5.75 Å². The lowest BCUT2D eigenvalue weighted by atomic mass is 10.2. The number of rotatable bonds is 1. The minimum absolute atomic E-state index is 0.0900. The number of carbonyl (C=O) groups is 1. The lowest BCUT2D eigenvalue weighted by Crippen LogP contribution is -2.13. The van der Waals surface area contributed by atoms with Crippen LogP contribution in [0.5, 0.6) is 0 Å². The van der Waals surface area contributed by atoms with Crippen LogP contribution in [-0.4, -0.2) is 11.7 Å². The molecule has 3 heteroatoms. The number of hydrogen-bond donors (Lipinski definition) is 1. The Balaban J connectivity index is 2.17. The van der Waals surface area contributed by atoms with E-state index in [9.17, 15) is 4.79 Å². The van der Waals surface area contributed by atoms with Crippen LogP contribution in [0.2, 0.25) is 0 Å². The Kier molecular flexibility index (Phi) is 2.36. The van der Waals surface area contributed by atoms with Gasteiger partial charge in [-0.15, -0.1) is 0 Å². The quantitative estimate of drug-likeness (QED) is 0.734. The second-order valence-corrected chi connectivity index (χ2v) is 3.77. The predicted octanol–water partition coefficient (Wildman–Crippen LogP) is 1.85. The molecule has 1 aromatic rings. The smallest absolute Gasteiger partial charge is 0.235 e. The molecule has 2 nitrogen and oxygen atoms in total. The molecule has 0 aliphatic carbocycles. The molecule has 13 heavy (non-hydrogen) atoms. The third kappa shape index (κ3) is 2.12. The molecule has 1 saturated heterocycles. The van der Waals surface area contributed by atoms with Gasteiger partial charge < -0.3 is 5.32 Å². The monoisotopic (exact) mass is 191 g/mol. The van der Waals surface area contributed by atoms with Gasteiger partial charge in [-0.25, -0.2) is 0 Å². The molecule has 1 aliphatic heterocycles. The van der Waals surface area contributed by atoms with Crippen LogP contribution in [-0.2, 0) is 4.79 Å². The summed E-state index contributed by atoms with van der Waals surface area (Å²) in [5.41, 5.74) is 1.12. The van der Waals surface area contributed by atoms with E-state index in [4.69, 9.17) is 0 Å². The highest BCUT2D eigenvalue weighted by atomic mass is 32.2. The fourth-order valence-corrected chi connectivity index (χ4v) is 1.90. The minimum atomic E-state index is 0.0900. The molecule has 1 heterocycles. The van der Waals surface area contributed by atoms with Crippen molar-refractivity contribution in [1.29, 1.82) is 0 Å². The van der Waals surface area contributed by atoms with E-state index in [2.05, 4.69) is 5.32 Å². The van der Waals surface area contributed by atoms with Crippen molar-refractivity contribution in [2.45, 2.75) is 0 Å². The molecule has 1 N–H and O–H groups in total. The Morgan fingerprint density at radius 2 is 2.08 bits per heavy atom. The zero-order valence-corrected chi connectivity index (χ0v) is 7.80. The van der Waals surface area contributed by atoms with Crippen molar-refractivity contribution in [2.24, 2.45) is 0 Å². The second-order valence-electron chi connectivity index (χ2n) is 2.76. The second kappa shape index (κ2) is 3.66. The highest BCUT2D eigenvalue weighted by molar-refractivity contribution is 8.04. The maximum absolute atomic E-state index is 10.9. The summed E-state index contributed by atoms with van der Waals surface area (Å²) >= 11 is 1.55. The first-order valence-corrected chi connectivity index (χ1v) is 5.02. The van der Waals surface area contributed by atoms with Crippen molar-refractivity contribution >= 4 is 23.7 Å². The van der Waals surface area contributed by atoms with Gasteiger partial charge in [0.25, 0.3) is 0 Å². The van der Waals surface area contributed by atoms with Crippen LogP contribution in [0.15, 0.2) is 35.4 Å². The molecule has 0 bridgehead atoms. The topological polar surface area (TPSA) is 29.1 Å². The van der Waals surface area contributed by atoms with Crippen LogP contribution >= 0.6 is 11.8 Å².